The van der Waals surface area contributed by atoms with Crippen molar-refractivity contribution in [3.8, 4) is 0 Å². The lowest BCUT2D eigenvalue weighted by Crippen LogP contribution is -2.51. The zero-order chi connectivity index (χ0) is 18.7. The van der Waals surface area contributed by atoms with Crippen LogP contribution >= 0.6 is 0 Å². The molecule has 0 bridgehead atoms. The standard InChI is InChI=1S/C19H33N4O2/c1-7-15-23(5,6)16-9-8-10-20-17(16)21-11-13-22(14-12-21)18(24)25-19(2,3)4/h8-10H,7,11-15H2,1-6H3/q+1. The molecule has 1 aliphatic rings. The van der Waals surface area contributed by atoms with Crippen molar-refractivity contribution in [2.24, 2.45) is 0 Å². The third kappa shape index (κ3) is 5.08. The van der Waals surface area contributed by atoms with E-state index >= 15 is 0 Å². The first-order chi connectivity index (χ1) is 11.6. The average molecular weight is 349 g/mol. The van der Waals surface area contributed by atoms with E-state index in [1.807, 2.05) is 33.0 Å². The number of aromatic nitrogens is 1. The second-order valence-electron chi connectivity index (χ2n) is 8.21. The van der Waals surface area contributed by atoms with Gasteiger partial charge in [-0.15, -0.1) is 0 Å². The van der Waals surface area contributed by atoms with E-state index in [0.29, 0.717) is 13.1 Å². The Labute approximate surface area is 152 Å². The molecule has 1 saturated heterocycles. The maximum absolute atomic E-state index is 12.2. The fraction of sp³-hybridized carbons (Fsp3) is 0.684. The molecule has 0 radical (unpaired) electrons. The summed E-state index contributed by atoms with van der Waals surface area (Å²) in [5.74, 6) is 1.03. The molecular formula is C19H33N4O2+. The smallest absolute Gasteiger partial charge is 0.410 e. The first-order valence-electron chi connectivity index (χ1n) is 9.15. The molecule has 6 nitrogen and oxygen atoms in total. The SMILES string of the molecule is CCC[N+](C)(C)c1cccnc1N1CCN(C(=O)OC(C)(C)C)CC1. The summed E-state index contributed by atoms with van der Waals surface area (Å²) in [5, 5.41) is 0. The van der Waals surface area contributed by atoms with Gasteiger partial charge in [-0.25, -0.2) is 9.78 Å². The third-order valence-electron chi connectivity index (χ3n) is 4.43. The number of nitrogens with zero attached hydrogens (tertiary/aromatic N) is 4. The summed E-state index contributed by atoms with van der Waals surface area (Å²) in [6, 6.07) is 4.17. The van der Waals surface area contributed by atoms with Gasteiger partial charge in [-0.05, 0) is 33.3 Å². The fourth-order valence-corrected chi connectivity index (χ4v) is 3.21. The van der Waals surface area contributed by atoms with Crippen LogP contribution in [0.15, 0.2) is 18.3 Å². The number of amides is 1. The predicted octanol–water partition coefficient (Wildman–Crippen LogP) is 3.12. The number of pyridine rings is 1. The molecule has 0 atom stereocenters. The molecule has 25 heavy (non-hydrogen) atoms. The largest absolute Gasteiger partial charge is 0.444 e. The molecule has 0 N–H and O–H groups in total. The number of piperazine rings is 1. The van der Waals surface area contributed by atoms with E-state index in [0.717, 1.165) is 36.4 Å². The van der Waals surface area contributed by atoms with Gasteiger partial charge in [0.05, 0.1) is 20.6 Å². The Kier molecular flexibility index (Phi) is 5.93. The first-order valence-corrected chi connectivity index (χ1v) is 9.15. The van der Waals surface area contributed by atoms with Crippen LogP contribution in [0.3, 0.4) is 0 Å². The molecule has 0 spiro atoms. The van der Waals surface area contributed by atoms with Crippen molar-refractivity contribution in [3.63, 3.8) is 0 Å². The Hall–Kier alpha value is -1.82. The monoisotopic (exact) mass is 349 g/mol. The highest BCUT2D eigenvalue weighted by atomic mass is 16.6. The van der Waals surface area contributed by atoms with Crippen LogP contribution in [0.2, 0.25) is 0 Å². The Morgan fingerprint density at radius 2 is 1.88 bits per heavy atom. The molecule has 2 heterocycles. The quantitative estimate of drug-likeness (QED) is 0.784. The Morgan fingerprint density at radius 3 is 2.44 bits per heavy atom. The Balaban J connectivity index is 2.08. The van der Waals surface area contributed by atoms with Gasteiger partial charge in [0, 0.05) is 38.4 Å². The van der Waals surface area contributed by atoms with Crippen LogP contribution in [0.5, 0.6) is 0 Å². The van der Waals surface area contributed by atoms with Crippen LogP contribution in [-0.4, -0.2) is 68.4 Å². The molecule has 6 heteroatoms. The molecule has 0 aliphatic carbocycles. The number of rotatable bonds is 4. The summed E-state index contributed by atoms with van der Waals surface area (Å²) >= 11 is 0. The minimum atomic E-state index is -0.454. The van der Waals surface area contributed by atoms with Crippen LogP contribution < -0.4 is 9.38 Å². The predicted molar refractivity (Wildman–Crippen MR) is 103 cm³/mol. The molecule has 1 aliphatic heterocycles. The van der Waals surface area contributed by atoms with Gasteiger partial charge >= 0.3 is 6.09 Å². The van der Waals surface area contributed by atoms with Gasteiger partial charge in [0.15, 0.2) is 11.5 Å². The van der Waals surface area contributed by atoms with Crippen molar-refractivity contribution >= 4 is 17.6 Å². The third-order valence-corrected chi connectivity index (χ3v) is 4.43. The molecule has 2 rings (SSSR count). The number of carbonyl (C=O) groups excluding carboxylic acids is 1. The topological polar surface area (TPSA) is 45.7 Å². The lowest BCUT2D eigenvalue weighted by Gasteiger charge is -2.38. The lowest BCUT2D eigenvalue weighted by atomic mass is 10.2. The minimum absolute atomic E-state index is 0.226. The second kappa shape index (κ2) is 7.60. The molecule has 1 fully saturated rings. The van der Waals surface area contributed by atoms with Crippen LogP contribution in [0.1, 0.15) is 34.1 Å². The van der Waals surface area contributed by atoms with Crippen molar-refractivity contribution in [2.45, 2.75) is 39.7 Å². The van der Waals surface area contributed by atoms with Gasteiger partial charge in [0.25, 0.3) is 0 Å². The van der Waals surface area contributed by atoms with Gasteiger partial charge in [-0.3, -0.25) is 4.48 Å². The van der Waals surface area contributed by atoms with E-state index < -0.39 is 5.60 Å². The zero-order valence-corrected chi connectivity index (χ0v) is 16.6. The van der Waals surface area contributed by atoms with E-state index in [1.165, 1.54) is 5.69 Å². The lowest BCUT2D eigenvalue weighted by molar-refractivity contribution is 0.0240. The number of ether oxygens (including phenoxy) is 1. The van der Waals surface area contributed by atoms with Crippen molar-refractivity contribution in [1.29, 1.82) is 0 Å². The molecular weight excluding hydrogens is 316 g/mol. The highest BCUT2D eigenvalue weighted by Gasteiger charge is 2.30. The van der Waals surface area contributed by atoms with Crippen molar-refractivity contribution in [2.75, 3.05) is 51.7 Å². The van der Waals surface area contributed by atoms with Crippen LogP contribution in [0, 0.1) is 0 Å². The Bertz CT molecular complexity index is 587. The summed E-state index contributed by atoms with van der Waals surface area (Å²) in [7, 11) is 4.45. The van der Waals surface area contributed by atoms with Crippen LogP contribution in [0.25, 0.3) is 0 Å². The van der Waals surface area contributed by atoms with E-state index in [-0.39, 0.29) is 6.09 Å². The van der Waals surface area contributed by atoms with Crippen molar-refractivity contribution in [3.05, 3.63) is 18.3 Å². The van der Waals surface area contributed by atoms with Gasteiger partial charge in [0.2, 0.25) is 0 Å². The van der Waals surface area contributed by atoms with Gasteiger partial charge < -0.3 is 14.5 Å². The maximum Gasteiger partial charge on any atom is 0.410 e. The van der Waals surface area contributed by atoms with E-state index in [4.69, 9.17) is 4.74 Å². The summed E-state index contributed by atoms with van der Waals surface area (Å²) in [6.07, 6.45) is 2.74. The van der Waals surface area contributed by atoms with Crippen LogP contribution in [0.4, 0.5) is 16.3 Å². The normalized spacial score (nSPS) is 16.1. The van der Waals surface area contributed by atoms with E-state index in [9.17, 15) is 4.79 Å². The number of carbonyl (C=O) groups is 1. The molecule has 140 valence electrons. The summed E-state index contributed by atoms with van der Waals surface area (Å²) < 4.78 is 6.29. The van der Waals surface area contributed by atoms with Crippen molar-refractivity contribution in [1.82, 2.24) is 14.4 Å². The Morgan fingerprint density at radius 1 is 1.24 bits per heavy atom. The number of anilines is 1. The second-order valence-corrected chi connectivity index (χ2v) is 8.21. The van der Waals surface area contributed by atoms with Gasteiger partial charge in [-0.2, -0.15) is 0 Å². The van der Waals surface area contributed by atoms with E-state index in [2.05, 4.69) is 37.0 Å². The molecule has 1 aromatic rings. The number of hydrogen-bond donors (Lipinski definition) is 0. The number of quaternary nitrogens is 1. The highest BCUT2D eigenvalue weighted by Crippen LogP contribution is 2.30. The average Bonchev–Trinajstić information content (AvgIpc) is 2.53. The van der Waals surface area contributed by atoms with Gasteiger partial charge in [-0.1, -0.05) is 6.92 Å². The molecule has 0 aromatic carbocycles. The molecule has 0 saturated carbocycles. The molecule has 1 amide bonds. The number of hydrogen-bond acceptors (Lipinski definition) is 4. The minimum Gasteiger partial charge on any atom is -0.444 e. The highest BCUT2D eigenvalue weighted by molar-refractivity contribution is 5.69. The fourth-order valence-electron chi connectivity index (χ4n) is 3.21. The van der Waals surface area contributed by atoms with Crippen molar-refractivity contribution < 1.29 is 9.53 Å². The first kappa shape index (κ1) is 19.5. The summed E-state index contributed by atoms with van der Waals surface area (Å²) in [6.45, 7) is 11.8. The van der Waals surface area contributed by atoms with E-state index in [1.54, 1.807) is 4.90 Å². The molecule has 0 unspecified atom stereocenters. The summed E-state index contributed by atoms with van der Waals surface area (Å²) in [4.78, 5) is 21.0. The van der Waals surface area contributed by atoms with Crippen LogP contribution in [-0.2, 0) is 4.74 Å². The molecule has 1 aromatic heterocycles. The van der Waals surface area contributed by atoms with Gasteiger partial charge in [0.1, 0.15) is 5.60 Å². The zero-order valence-electron chi connectivity index (χ0n) is 16.6. The maximum atomic E-state index is 12.2. The summed E-state index contributed by atoms with van der Waals surface area (Å²) in [5.41, 5.74) is 0.777.